The molecule has 8 nitrogen and oxygen atoms in total. The Morgan fingerprint density at radius 1 is 0.964 bits per heavy atom. The van der Waals surface area contributed by atoms with Gasteiger partial charge in [0.05, 0.1) is 24.2 Å². The SMILES string of the molecule is O=C(O)NCCCCCCn1c(=O)n(CCN2CCOCC2)c2ccccc21. The van der Waals surface area contributed by atoms with Crippen molar-refractivity contribution < 1.29 is 14.6 Å². The molecule has 154 valence electrons. The third kappa shape index (κ3) is 5.36. The zero-order valence-corrected chi connectivity index (χ0v) is 16.3. The first kappa shape index (κ1) is 20.4. The molecule has 8 heteroatoms. The number of nitrogens with one attached hydrogen (secondary N) is 1. The molecular weight excluding hydrogens is 360 g/mol. The number of ether oxygens (including phenoxy) is 1. The van der Waals surface area contributed by atoms with Crippen LogP contribution in [0.5, 0.6) is 0 Å². The van der Waals surface area contributed by atoms with Gasteiger partial charge in [-0.3, -0.25) is 14.0 Å². The van der Waals surface area contributed by atoms with E-state index in [4.69, 9.17) is 9.84 Å². The van der Waals surface area contributed by atoms with Crippen molar-refractivity contribution in [2.75, 3.05) is 39.4 Å². The second-order valence-electron chi connectivity index (χ2n) is 7.17. The summed E-state index contributed by atoms with van der Waals surface area (Å²) in [6, 6.07) is 7.98. The van der Waals surface area contributed by atoms with Crippen LogP contribution in [0.15, 0.2) is 29.1 Å². The van der Waals surface area contributed by atoms with Gasteiger partial charge in [-0.25, -0.2) is 9.59 Å². The van der Waals surface area contributed by atoms with Crippen LogP contribution in [0, 0.1) is 0 Å². The van der Waals surface area contributed by atoms with Gasteiger partial charge in [-0.15, -0.1) is 0 Å². The number of imidazole rings is 1. The van der Waals surface area contributed by atoms with Gasteiger partial charge in [-0.1, -0.05) is 25.0 Å². The number of aryl methyl sites for hydroxylation is 1. The third-order valence-electron chi connectivity index (χ3n) is 5.25. The molecule has 1 amide bonds. The molecule has 2 aromatic rings. The number of rotatable bonds is 10. The van der Waals surface area contributed by atoms with E-state index in [-0.39, 0.29) is 5.69 Å². The van der Waals surface area contributed by atoms with Crippen LogP contribution >= 0.6 is 0 Å². The van der Waals surface area contributed by atoms with Gasteiger partial charge in [0.2, 0.25) is 0 Å². The number of amides is 1. The molecule has 0 saturated carbocycles. The van der Waals surface area contributed by atoms with E-state index in [0.717, 1.165) is 69.6 Å². The number of unbranched alkanes of at least 4 members (excludes halogenated alkanes) is 3. The van der Waals surface area contributed by atoms with Gasteiger partial charge in [0, 0.05) is 39.3 Å². The summed E-state index contributed by atoms with van der Waals surface area (Å²) >= 11 is 0. The summed E-state index contributed by atoms with van der Waals surface area (Å²) in [7, 11) is 0. The van der Waals surface area contributed by atoms with Crippen LogP contribution in [0.1, 0.15) is 25.7 Å². The maximum absolute atomic E-state index is 13.0. The molecule has 0 atom stereocenters. The normalized spacial score (nSPS) is 15.1. The molecule has 1 aromatic heterocycles. The van der Waals surface area contributed by atoms with E-state index in [1.165, 1.54) is 0 Å². The number of carbonyl (C=O) groups is 1. The van der Waals surface area contributed by atoms with E-state index in [9.17, 15) is 9.59 Å². The largest absolute Gasteiger partial charge is 0.465 e. The number of fused-ring (bicyclic) bond motifs is 1. The Kier molecular flexibility index (Phi) is 7.50. The van der Waals surface area contributed by atoms with Crippen molar-refractivity contribution in [1.82, 2.24) is 19.4 Å². The third-order valence-corrected chi connectivity index (χ3v) is 5.25. The Morgan fingerprint density at radius 3 is 2.29 bits per heavy atom. The number of aromatic nitrogens is 2. The van der Waals surface area contributed by atoms with Crippen LogP contribution in [0.3, 0.4) is 0 Å². The maximum atomic E-state index is 13.0. The zero-order chi connectivity index (χ0) is 19.8. The highest BCUT2D eigenvalue weighted by molar-refractivity contribution is 5.76. The topological polar surface area (TPSA) is 88.7 Å². The molecule has 3 rings (SSSR count). The van der Waals surface area contributed by atoms with E-state index < -0.39 is 6.09 Å². The first-order chi connectivity index (χ1) is 13.7. The highest BCUT2D eigenvalue weighted by atomic mass is 16.5. The van der Waals surface area contributed by atoms with Gasteiger partial charge in [-0.05, 0) is 25.0 Å². The maximum Gasteiger partial charge on any atom is 0.404 e. The number of benzene rings is 1. The second kappa shape index (κ2) is 10.3. The Labute approximate surface area is 164 Å². The molecule has 0 spiro atoms. The van der Waals surface area contributed by atoms with Crippen LogP contribution < -0.4 is 11.0 Å². The van der Waals surface area contributed by atoms with Crippen molar-refractivity contribution in [2.24, 2.45) is 0 Å². The smallest absolute Gasteiger partial charge is 0.404 e. The average molecular weight is 390 g/mol. The second-order valence-corrected chi connectivity index (χ2v) is 7.17. The number of hydrogen-bond donors (Lipinski definition) is 2. The fourth-order valence-corrected chi connectivity index (χ4v) is 3.71. The van der Waals surface area contributed by atoms with Gasteiger partial charge >= 0.3 is 11.8 Å². The summed E-state index contributed by atoms with van der Waals surface area (Å²) in [5.41, 5.74) is 2.04. The molecule has 1 fully saturated rings. The Hall–Kier alpha value is -2.32. The number of nitrogens with zero attached hydrogens (tertiary/aromatic N) is 3. The molecule has 1 aromatic carbocycles. The predicted molar refractivity (Wildman–Crippen MR) is 108 cm³/mol. The molecular formula is C20H30N4O4. The fraction of sp³-hybridized carbons (Fsp3) is 0.600. The highest BCUT2D eigenvalue weighted by Gasteiger charge is 2.15. The number of morpholine rings is 1. The van der Waals surface area contributed by atoms with Gasteiger partial charge < -0.3 is 15.2 Å². The van der Waals surface area contributed by atoms with Crippen molar-refractivity contribution in [3.63, 3.8) is 0 Å². The predicted octanol–water partition coefficient (Wildman–Crippen LogP) is 1.96. The lowest BCUT2D eigenvalue weighted by atomic mass is 10.2. The van der Waals surface area contributed by atoms with E-state index in [2.05, 4.69) is 10.2 Å². The first-order valence-corrected chi connectivity index (χ1v) is 10.1. The number of para-hydroxylation sites is 2. The van der Waals surface area contributed by atoms with Crippen LogP contribution in [0.2, 0.25) is 0 Å². The van der Waals surface area contributed by atoms with E-state index >= 15 is 0 Å². The van der Waals surface area contributed by atoms with Crippen molar-refractivity contribution in [3.8, 4) is 0 Å². The molecule has 28 heavy (non-hydrogen) atoms. The molecule has 0 unspecified atom stereocenters. The van der Waals surface area contributed by atoms with Crippen molar-refractivity contribution >= 4 is 17.1 Å². The molecule has 1 aliphatic rings. The fourth-order valence-electron chi connectivity index (χ4n) is 3.71. The number of hydrogen-bond acceptors (Lipinski definition) is 4. The minimum atomic E-state index is -0.976. The quantitative estimate of drug-likeness (QED) is 0.606. The van der Waals surface area contributed by atoms with Crippen molar-refractivity contribution in [2.45, 2.75) is 38.8 Å². The first-order valence-electron chi connectivity index (χ1n) is 10.1. The lowest BCUT2D eigenvalue weighted by molar-refractivity contribution is 0.0364. The average Bonchev–Trinajstić information content (AvgIpc) is 2.97. The minimum absolute atomic E-state index is 0.0574. The van der Waals surface area contributed by atoms with E-state index in [0.29, 0.717) is 19.6 Å². The molecule has 0 bridgehead atoms. The Balaban J connectivity index is 1.58. The standard InChI is InChI=1S/C20H30N4O4/c25-19(26)21-9-5-1-2-6-10-23-17-7-3-4-8-18(17)24(20(23)27)12-11-22-13-15-28-16-14-22/h3-4,7-8,21H,1-2,5-6,9-16H2,(H,25,26). The van der Waals surface area contributed by atoms with Gasteiger partial charge in [-0.2, -0.15) is 0 Å². The lowest BCUT2D eigenvalue weighted by Gasteiger charge is -2.26. The van der Waals surface area contributed by atoms with Crippen LogP contribution in [-0.4, -0.2) is 64.6 Å². The van der Waals surface area contributed by atoms with E-state index in [1.54, 1.807) is 0 Å². The summed E-state index contributed by atoms with van der Waals surface area (Å²) < 4.78 is 9.16. The van der Waals surface area contributed by atoms with Crippen molar-refractivity contribution in [3.05, 3.63) is 34.7 Å². The van der Waals surface area contributed by atoms with Gasteiger partial charge in [0.1, 0.15) is 0 Å². The van der Waals surface area contributed by atoms with Gasteiger partial charge in [0.15, 0.2) is 0 Å². The zero-order valence-electron chi connectivity index (χ0n) is 16.3. The molecule has 1 aliphatic heterocycles. The van der Waals surface area contributed by atoms with Crippen LogP contribution in [0.25, 0.3) is 11.0 Å². The van der Waals surface area contributed by atoms with Crippen molar-refractivity contribution in [1.29, 1.82) is 0 Å². The van der Waals surface area contributed by atoms with Crippen LogP contribution in [-0.2, 0) is 17.8 Å². The molecule has 2 heterocycles. The van der Waals surface area contributed by atoms with E-state index in [1.807, 2.05) is 33.4 Å². The summed E-state index contributed by atoms with van der Waals surface area (Å²) in [4.78, 5) is 25.8. The number of carboxylic acid groups (broad SMARTS) is 1. The summed E-state index contributed by atoms with van der Waals surface area (Å²) in [6.45, 7) is 6.08. The highest BCUT2D eigenvalue weighted by Crippen LogP contribution is 2.14. The molecule has 0 aliphatic carbocycles. The molecule has 0 radical (unpaired) electrons. The minimum Gasteiger partial charge on any atom is -0.465 e. The summed E-state index contributed by atoms with van der Waals surface area (Å²) in [5, 5.41) is 10.9. The lowest BCUT2D eigenvalue weighted by Crippen LogP contribution is -2.39. The van der Waals surface area contributed by atoms with Gasteiger partial charge in [0.25, 0.3) is 0 Å². The van der Waals surface area contributed by atoms with Crippen LogP contribution in [0.4, 0.5) is 4.79 Å². The Morgan fingerprint density at radius 2 is 1.61 bits per heavy atom. The Bertz CT molecular complexity index is 823. The molecule has 2 N–H and O–H groups in total. The molecule has 1 saturated heterocycles. The summed E-state index contributed by atoms with van der Waals surface area (Å²) in [5.74, 6) is 0. The monoisotopic (exact) mass is 390 g/mol. The summed E-state index contributed by atoms with van der Waals surface area (Å²) in [6.07, 6.45) is 2.68.